The molecule has 172 valence electrons. The molecule has 3 N–H and O–H groups in total. The van der Waals surface area contributed by atoms with Gasteiger partial charge in [-0.25, -0.2) is 4.79 Å². The largest absolute Gasteiger partial charge is 0.481 e. The van der Waals surface area contributed by atoms with Gasteiger partial charge in [-0.2, -0.15) is 0 Å². The Kier molecular flexibility index (Phi) is 7.07. The Labute approximate surface area is 192 Å². The maximum Gasteiger partial charge on any atom is 0.407 e. The maximum absolute atomic E-state index is 12.1. The number of carbonyl (C=O) groups is 3. The van der Waals surface area contributed by atoms with Crippen LogP contribution in [0.15, 0.2) is 60.7 Å². The molecular weight excluding hydrogens is 420 g/mol. The highest BCUT2D eigenvalue weighted by Crippen LogP contribution is 2.44. The van der Waals surface area contributed by atoms with Gasteiger partial charge in [0.05, 0.1) is 5.92 Å². The van der Waals surface area contributed by atoms with Crippen molar-refractivity contribution in [1.29, 1.82) is 0 Å². The molecule has 1 fully saturated rings. The minimum absolute atomic E-state index is 0.00492. The third-order valence-electron chi connectivity index (χ3n) is 6.49. The molecule has 2 aliphatic rings. The fraction of sp³-hybridized carbons (Fsp3) is 0.346. The van der Waals surface area contributed by atoms with E-state index in [1.54, 1.807) is 6.08 Å². The van der Waals surface area contributed by atoms with Crippen molar-refractivity contribution in [3.05, 3.63) is 71.8 Å². The highest BCUT2D eigenvalue weighted by atomic mass is 16.5. The fourth-order valence-electron chi connectivity index (χ4n) is 4.85. The van der Waals surface area contributed by atoms with Gasteiger partial charge in [0.15, 0.2) is 0 Å². The van der Waals surface area contributed by atoms with Crippen molar-refractivity contribution in [2.75, 3.05) is 19.7 Å². The minimum Gasteiger partial charge on any atom is -0.481 e. The van der Waals surface area contributed by atoms with Crippen LogP contribution < -0.4 is 10.6 Å². The number of carboxylic acids is 1. The first-order valence-electron chi connectivity index (χ1n) is 11.3. The van der Waals surface area contributed by atoms with Crippen LogP contribution in [0.3, 0.4) is 0 Å². The van der Waals surface area contributed by atoms with E-state index in [-0.39, 0.29) is 36.8 Å². The zero-order chi connectivity index (χ0) is 23.2. The summed E-state index contributed by atoms with van der Waals surface area (Å²) < 4.78 is 5.46. The predicted molar refractivity (Wildman–Crippen MR) is 124 cm³/mol. The summed E-state index contributed by atoms with van der Waals surface area (Å²) in [7, 11) is 0. The SMILES string of the molecule is O=C(/C=C/CNC(=O)OCC1c2ccccc2-c2ccccc21)NC[C@H]1CCC[C@H]1C(=O)O. The van der Waals surface area contributed by atoms with Crippen LogP contribution in [0.1, 0.15) is 36.3 Å². The van der Waals surface area contributed by atoms with Crippen LogP contribution in [-0.4, -0.2) is 42.8 Å². The molecule has 0 heterocycles. The molecule has 33 heavy (non-hydrogen) atoms. The van der Waals surface area contributed by atoms with Gasteiger partial charge in [-0.1, -0.05) is 61.0 Å². The molecule has 2 aliphatic carbocycles. The van der Waals surface area contributed by atoms with Crippen LogP contribution in [-0.2, 0) is 14.3 Å². The molecule has 1 saturated carbocycles. The van der Waals surface area contributed by atoms with Crippen LogP contribution in [0.2, 0.25) is 0 Å². The van der Waals surface area contributed by atoms with Gasteiger partial charge in [-0.15, -0.1) is 0 Å². The molecule has 7 heteroatoms. The summed E-state index contributed by atoms with van der Waals surface area (Å²) in [6.07, 6.45) is 4.68. The number of hydrogen-bond acceptors (Lipinski definition) is 4. The number of amides is 2. The lowest BCUT2D eigenvalue weighted by Crippen LogP contribution is -2.32. The number of fused-ring (bicyclic) bond motifs is 3. The Bertz CT molecular complexity index is 1020. The minimum atomic E-state index is -0.797. The van der Waals surface area contributed by atoms with E-state index in [1.807, 2.05) is 24.3 Å². The smallest absolute Gasteiger partial charge is 0.407 e. The number of nitrogens with one attached hydrogen (secondary N) is 2. The first-order chi connectivity index (χ1) is 16.0. The van der Waals surface area contributed by atoms with Crippen molar-refractivity contribution >= 4 is 18.0 Å². The van der Waals surface area contributed by atoms with Crippen LogP contribution in [0.5, 0.6) is 0 Å². The molecule has 2 aromatic rings. The number of rotatable bonds is 8. The zero-order valence-electron chi connectivity index (χ0n) is 18.3. The number of hydrogen-bond donors (Lipinski definition) is 3. The molecular formula is C26H28N2O5. The number of carboxylic acid groups (broad SMARTS) is 1. The van der Waals surface area contributed by atoms with Crippen LogP contribution in [0.4, 0.5) is 4.79 Å². The van der Waals surface area contributed by atoms with Gasteiger partial charge in [-0.3, -0.25) is 9.59 Å². The molecule has 0 radical (unpaired) electrons. The van der Waals surface area contributed by atoms with E-state index in [0.29, 0.717) is 13.0 Å². The Morgan fingerprint density at radius 1 is 0.970 bits per heavy atom. The molecule has 0 unspecified atom stereocenters. The van der Waals surface area contributed by atoms with E-state index in [2.05, 4.69) is 34.9 Å². The number of alkyl carbamates (subject to hydrolysis) is 1. The lowest BCUT2D eigenvalue weighted by atomic mass is 9.96. The van der Waals surface area contributed by atoms with Gasteiger partial charge in [-0.05, 0) is 41.0 Å². The van der Waals surface area contributed by atoms with Gasteiger partial charge in [0, 0.05) is 25.1 Å². The summed E-state index contributed by atoms with van der Waals surface area (Å²) in [5, 5.41) is 14.6. The van der Waals surface area contributed by atoms with Crippen molar-refractivity contribution in [1.82, 2.24) is 10.6 Å². The maximum atomic E-state index is 12.1. The standard InChI is InChI=1S/C26H28N2O5/c29-24(28-15-17-7-5-12-18(17)25(30)31)13-6-14-27-26(32)33-16-23-21-10-3-1-8-19(21)20-9-2-4-11-22(20)23/h1-4,6,8-11,13,17-18,23H,5,7,12,14-16H2,(H,27,32)(H,28,29)(H,30,31)/b13-6+/t17-,18-/m1/s1. The molecule has 4 rings (SSSR count). The van der Waals surface area contributed by atoms with Crippen molar-refractivity contribution in [3.8, 4) is 11.1 Å². The Morgan fingerprint density at radius 3 is 2.30 bits per heavy atom. The molecule has 0 bridgehead atoms. The van der Waals surface area contributed by atoms with Crippen LogP contribution >= 0.6 is 0 Å². The highest BCUT2D eigenvalue weighted by Gasteiger charge is 2.32. The molecule has 7 nitrogen and oxygen atoms in total. The fourth-order valence-corrected chi connectivity index (χ4v) is 4.85. The monoisotopic (exact) mass is 448 g/mol. The predicted octanol–water partition coefficient (Wildman–Crippen LogP) is 3.70. The average molecular weight is 449 g/mol. The first kappa shape index (κ1) is 22.6. The topological polar surface area (TPSA) is 105 Å². The Hall–Kier alpha value is -3.61. The van der Waals surface area contributed by atoms with Crippen molar-refractivity contribution in [3.63, 3.8) is 0 Å². The van der Waals surface area contributed by atoms with Gasteiger partial charge < -0.3 is 20.5 Å². The molecule has 2 atom stereocenters. The van der Waals surface area contributed by atoms with Gasteiger partial charge >= 0.3 is 12.1 Å². The van der Waals surface area contributed by atoms with Crippen molar-refractivity contribution in [2.45, 2.75) is 25.2 Å². The molecule has 2 aromatic carbocycles. The summed E-state index contributed by atoms with van der Waals surface area (Å²) >= 11 is 0. The Morgan fingerprint density at radius 2 is 1.64 bits per heavy atom. The van der Waals surface area contributed by atoms with E-state index < -0.39 is 12.1 Å². The molecule has 0 aliphatic heterocycles. The van der Waals surface area contributed by atoms with E-state index >= 15 is 0 Å². The molecule has 0 aromatic heterocycles. The van der Waals surface area contributed by atoms with Crippen molar-refractivity contribution < 1.29 is 24.2 Å². The van der Waals surface area contributed by atoms with Gasteiger partial charge in [0.1, 0.15) is 6.61 Å². The van der Waals surface area contributed by atoms with E-state index in [4.69, 9.17) is 4.74 Å². The highest BCUT2D eigenvalue weighted by molar-refractivity contribution is 5.87. The molecule has 0 spiro atoms. The second-order valence-corrected chi connectivity index (χ2v) is 8.49. The molecule has 2 amide bonds. The third kappa shape index (κ3) is 5.25. The van der Waals surface area contributed by atoms with Crippen LogP contribution in [0.25, 0.3) is 11.1 Å². The van der Waals surface area contributed by atoms with E-state index in [9.17, 15) is 19.5 Å². The lowest BCUT2D eigenvalue weighted by Gasteiger charge is -2.15. The van der Waals surface area contributed by atoms with Gasteiger partial charge in [0.25, 0.3) is 0 Å². The Balaban J connectivity index is 1.20. The summed E-state index contributed by atoms with van der Waals surface area (Å²) in [5.74, 6) is -1.52. The first-order valence-corrected chi connectivity index (χ1v) is 11.3. The summed E-state index contributed by atoms with van der Waals surface area (Å²) in [6.45, 7) is 0.738. The number of aliphatic carboxylic acids is 1. The van der Waals surface area contributed by atoms with Crippen LogP contribution in [0, 0.1) is 11.8 Å². The van der Waals surface area contributed by atoms with Gasteiger partial charge in [0.2, 0.25) is 5.91 Å². The number of ether oxygens (including phenoxy) is 1. The summed E-state index contributed by atoms with van der Waals surface area (Å²) in [5.41, 5.74) is 4.64. The average Bonchev–Trinajstić information content (AvgIpc) is 3.42. The normalized spacial score (nSPS) is 19.2. The third-order valence-corrected chi connectivity index (χ3v) is 6.49. The lowest BCUT2D eigenvalue weighted by molar-refractivity contribution is -0.143. The number of carbonyl (C=O) groups excluding carboxylic acids is 2. The second kappa shape index (κ2) is 10.3. The van der Waals surface area contributed by atoms with Crippen molar-refractivity contribution in [2.24, 2.45) is 11.8 Å². The quantitative estimate of drug-likeness (QED) is 0.534. The zero-order valence-corrected chi connectivity index (χ0v) is 18.3. The summed E-state index contributed by atoms with van der Waals surface area (Å²) in [4.78, 5) is 35.3. The van der Waals surface area contributed by atoms with E-state index in [1.165, 1.54) is 17.2 Å². The summed E-state index contributed by atoms with van der Waals surface area (Å²) in [6, 6.07) is 16.3. The number of benzene rings is 2. The van der Waals surface area contributed by atoms with E-state index in [0.717, 1.165) is 24.0 Å². The second-order valence-electron chi connectivity index (χ2n) is 8.49. The molecule has 0 saturated heterocycles.